The molecule has 8 heteroatoms. The van der Waals surface area contributed by atoms with E-state index in [0.29, 0.717) is 6.54 Å². The normalized spacial score (nSPS) is 12.8. The van der Waals surface area contributed by atoms with Crippen molar-refractivity contribution >= 4 is 33.3 Å². The summed E-state index contributed by atoms with van der Waals surface area (Å²) in [4.78, 5) is 22.6. The highest BCUT2D eigenvalue weighted by atomic mass is 35.5. The molecule has 1 aromatic carbocycles. The van der Waals surface area contributed by atoms with Crippen molar-refractivity contribution in [1.29, 1.82) is 0 Å². The predicted molar refractivity (Wildman–Crippen MR) is 78.5 cm³/mol. The first kappa shape index (κ1) is 17.5. The number of hydrogen-bond acceptors (Lipinski definition) is 4. The highest BCUT2D eigenvalue weighted by Crippen LogP contribution is 2.27. The van der Waals surface area contributed by atoms with Crippen LogP contribution in [0.25, 0.3) is 0 Å². The molecule has 0 aliphatic heterocycles. The number of rotatable bonds is 5. The van der Waals surface area contributed by atoms with E-state index in [2.05, 4.69) is 5.32 Å². The molecule has 0 spiro atoms. The van der Waals surface area contributed by atoms with E-state index in [1.165, 1.54) is 19.9 Å². The number of amides is 1. The summed E-state index contributed by atoms with van der Waals surface area (Å²) in [7, 11) is -4.03. The van der Waals surface area contributed by atoms with E-state index >= 15 is 0 Å². The minimum absolute atomic E-state index is 0.0142. The van der Waals surface area contributed by atoms with Gasteiger partial charge in [-0.3, -0.25) is 4.79 Å². The molecule has 0 saturated heterocycles. The SMILES string of the molecule is CCNC(=O)C(C)S(=O)(=O)c1cc(Cl)cc(C(=O)O)c1C. The Morgan fingerprint density at radius 3 is 2.43 bits per heavy atom. The molecule has 1 atom stereocenters. The van der Waals surface area contributed by atoms with Crippen molar-refractivity contribution in [1.82, 2.24) is 5.32 Å². The van der Waals surface area contributed by atoms with Gasteiger partial charge in [-0.15, -0.1) is 0 Å². The van der Waals surface area contributed by atoms with E-state index in [4.69, 9.17) is 16.7 Å². The summed E-state index contributed by atoms with van der Waals surface area (Å²) in [5, 5.41) is 10.2. The molecule has 6 nitrogen and oxygen atoms in total. The van der Waals surface area contributed by atoms with Crippen LogP contribution in [0, 0.1) is 6.92 Å². The van der Waals surface area contributed by atoms with Gasteiger partial charge in [-0.2, -0.15) is 0 Å². The summed E-state index contributed by atoms with van der Waals surface area (Å²) in [6.45, 7) is 4.59. The number of benzene rings is 1. The van der Waals surface area contributed by atoms with Crippen LogP contribution < -0.4 is 5.32 Å². The molecule has 1 amide bonds. The van der Waals surface area contributed by atoms with E-state index in [1.807, 2.05) is 0 Å². The third-order valence-electron chi connectivity index (χ3n) is 3.05. The number of carboxylic acid groups (broad SMARTS) is 1. The zero-order valence-corrected chi connectivity index (χ0v) is 13.4. The zero-order chi connectivity index (χ0) is 16.4. The Labute approximate surface area is 128 Å². The highest BCUT2D eigenvalue weighted by Gasteiger charge is 2.32. The molecular formula is C13H16ClNO5S. The maximum absolute atomic E-state index is 12.5. The molecule has 0 heterocycles. The number of aromatic carboxylic acids is 1. The molecule has 0 fully saturated rings. The van der Waals surface area contributed by atoms with Crippen LogP contribution in [0.3, 0.4) is 0 Å². The molecule has 1 rings (SSSR count). The van der Waals surface area contributed by atoms with Gasteiger partial charge in [0.05, 0.1) is 10.5 Å². The Bertz CT molecular complexity index is 684. The number of sulfone groups is 1. The summed E-state index contributed by atoms with van der Waals surface area (Å²) in [5.74, 6) is -1.93. The van der Waals surface area contributed by atoms with Gasteiger partial charge in [0.2, 0.25) is 5.91 Å². The van der Waals surface area contributed by atoms with Gasteiger partial charge >= 0.3 is 5.97 Å². The molecule has 0 aliphatic rings. The molecule has 2 N–H and O–H groups in total. The molecule has 0 saturated carbocycles. The van der Waals surface area contributed by atoms with E-state index in [-0.39, 0.29) is 21.0 Å². The van der Waals surface area contributed by atoms with E-state index < -0.39 is 27.0 Å². The van der Waals surface area contributed by atoms with Gasteiger partial charge in [0, 0.05) is 11.6 Å². The second-order valence-corrected chi connectivity index (χ2v) is 7.14. The molecule has 116 valence electrons. The standard InChI is InChI=1S/C13H16ClNO5S/c1-4-15-12(16)8(3)21(19,20)11-6-9(14)5-10(7(11)2)13(17)18/h5-6,8H,4H2,1-3H3,(H,15,16)(H,17,18). The van der Waals surface area contributed by atoms with Crippen LogP contribution in [0.1, 0.15) is 29.8 Å². The Balaban J connectivity index is 3.45. The van der Waals surface area contributed by atoms with Gasteiger partial charge in [0.1, 0.15) is 5.25 Å². The number of hydrogen-bond donors (Lipinski definition) is 2. The molecule has 0 radical (unpaired) electrons. The highest BCUT2D eigenvalue weighted by molar-refractivity contribution is 7.92. The number of carbonyl (C=O) groups excluding carboxylic acids is 1. The van der Waals surface area contributed by atoms with Crippen LogP contribution in [-0.2, 0) is 14.6 Å². The largest absolute Gasteiger partial charge is 0.478 e. The number of carboxylic acids is 1. The van der Waals surface area contributed by atoms with E-state index in [0.717, 1.165) is 6.07 Å². The van der Waals surface area contributed by atoms with Crippen molar-refractivity contribution in [2.75, 3.05) is 6.54 Å². The zero-order valence-electron chi connectivity index (χ0n) is 11.8. The molecule has 1 aromatic rings. The fourth-order valence-electron chi connectivity index (χ4n) is 1.82. The van der Waals surface area contributed by atoms with Crippen LogP contribution >= 0.6 is 11.6 Å². The fourth-order valence-corrected chi connectivity index (χ4v) is 3.68. The smallest absolute Gasteiger partial charge is 0.336 e. The molecule has 1 unspecified atom stereocenters. The second kappa shape index (κ2) is 6.44. The van der Waals surface area contributed by atoms with Crippen LogP contribution in [0.2, 0.25) is 5.02 Å². The van der Waals surface area contributed by atoms with Gasteiger partial charge < -0.3 is 10.4 Å². The van der Waals surface area contributed by atoms with Crippen molar-refractivity contribution in [2.45, 2.75) is 30.9 Å². The first-order valence-corrected chi connectivity index (χ1v) is 8.10. The molecular weight excluding hydrogens is 318 g/mol. The van der Waals surface area contributed by atoms with Gasteiger partial charge in [-0.1, -0.05) is 11.6 Å². The van der Waals surface area contributed by atoms with Crippen molar-refractivity contribution in [3.05, 3.63) is 28.3 Å². The predicted octanol–water partition coefficient (Wildman–Crippen LogP) is 1.64. The van der Waals surface area contributed by atoms with Gasteiger partial charge in [-0.05, 0) is 38.5 Å². The summed E-state index contributed by atoms with van der Waals surface area (Å²) >= 11 is 5.79. The molecule has 0 aromatic heterocycles. The topological polar surface area (TPSA) is 101 Å². The Morgan fingerprint density at radius 1 is 1.38 bits per heavy atom. The Hall–Kier alpha value is -1.60. The van der Waals surface area contributed by atoms with Crippen molar-refractivity contribution in [3.63, 3.8) is 0 Å². The summed E-state index contributed by atoms with van der Waals surface area (Å²) < 4.78 is 25.0. The summed E-state index contributed by atoms with van der Waals surface area (Å²) in [6, 6.07) is 2.34. The summed E-state index contributed by atoms with van der Waals surface area (Å²) in [5.41, 5.74) is -0.146. The first-order valence-electron chi connectivity index (χ1n) is 6.18. The maximum atomic E-state index is 12.5. The quantitative estimate of drug-likeness (QED) is 0.853. The van der Waals surface area contributed by atoms with E-state index in [9.17, 15) is 18.0 Å². The Morgan fingerprint density at radius 2 is 1.95 bits per heavy atom. The van der Waals surface area contributed by atoms with Gasteiger partial charge in [0.25, 0.3) is 0 Å². The van der Waals surface area contributed by atoms with Crippen LogP contribution in [-0.4, -0.2) is 37.2 Å². The lowest BCUT2D eigenvalue weighted by atomic mass is 10.1. The number of halogens is 1. The number of nitrogens with one attached hydrogen (secondary N) is 1. The minimum Gasteiger partial charge on any atom is -0.478 e. The Kier molecular flexibility index (Phi) is 5.36. The third kappa shape index (κ3) is 3.54. The van der Waals surface area contributed by atoms with Crippen LogP contribution in [0.4, 0.5) is 0 Å². The minimum atomic E-state index is -4.03. The van der Waals surface area contributed by atoms with E-state index in [1.54, 1.807) is 6.92 Å². The maximum Gasteiger partial charge on any atom is 0.336 e. The lowest BCUT2D eigenvalue weighted by Gasteiger charge is -2.16. The van der Waals surface area contributed by atoms with Gasteiger partial charge in [-0.25, -0.2) is 13.2 Å². The molecule has 21 heavy (non-hydrogen) atoms. The van der Waals surface area contributed by atoms with Gasteiger partial charge in [0.15, 0.2) is 9.84 Å². The van der Waals surface area contributed by atoms with Crippen LogP contribution in [0.5, 0.6) is 0 Å². The first-order chi connectivity index (χ1) is 9.62. The third-order valence-corrected chi connectivity index (χ3v) is 5.45. The fraction of sp³-hybridized carbons (Fsp3) is 0.385. The lowest BCUT2D eigenvalue weighted by molar-refractivity contribution is -0.120. The van der Waals surface area contributed by atoms with Crippen LogP contribution in [0.15, 0.2) is 17.0 Å². The monoisotopic (exact) mass is 333 g/mol. The molecule has 0 bridgehead atoms. The average molecular weight is 334 g/mol. The average Bonchev–Trinajstić information content (AvgIpc) is 2.39. The van der Waals surface area contributed by atoms with Crippen molar-refractivity contribution in [2.24, 2.45) is 0 Å². The number of carbonyl (C=O) groups is 2. The van der Waals surface area contributed by atoms with Crippen molar-refractivity contribution in [3.8, 4) is 0 Å². The second-order valence-electron chi connectivity index (χ2n) is 4.46. The summed E-state index contributed by atoms with van der Waals surface area (Å²) in [6.07, 6.45) is 0. The molecule has 0 aliphatic carbocycles. The lowest BCUT2D eigenvalue weighted by Crippen LogP contribution is -2.38. The van der Waals surface area contributed by atoms with Crippen molar-refractivity contribution < 1.29 is 23.1 Å².